The van der Waals surface area contributed by atoms with Gasteiger partial charge in [-0.25, -0.2) is 9.59 Å². The average Bonchev–Trinajstić information content (AvgIpc) is 2.59. The van der Waals surface area contributed by atoms with E-state index in [0.717, 1.165) is 17.0 Å². The number of nitro benzene ring substituents is 1. The van der Waals surface area contributed by atoms with Gasteiger partial charge in [0.1, 0.15) is 11.3 Å². The quantitative estimate of drug-likeness (QED) is 0.178. The van der Waals surface area contributed by atoms with E-state index in [1.54, 1.807) is 25.1 Å². The normalized spacial score (nSPS) is 11.0. The van der Waals surface area contributed by atoms with Crippen LogP contribution in [-0.2, 0) is 4.79 Å². The van der Waals surface area contributed by atoms with Crippen LogP contribution in [0, 0.1) is 17.0 Å². The van der Waals surface area contributed by atoms with Gasteiger partial charge in [-0.2, -0.15) is 0 Å². The SMILES string of the molecule is Cc1cc(=O)oc2cc(OC(=O)/C=C/c3cccc([N+](=O)[O-])c3)ccc12. The molecule has 0 aliphatic carbocycles. The Kier molecular flexibility index (Phi) is 4.62. The Hall–Kier alpha value is -3.74. The molecule has 0 spiro atoms. The van der Waals surface area contributed by atoms with Crippen LogP contribution in [0.25, 0.3) is 17.0 Å². The monoisotopic (exact) mass is 351 g/mol. The molecule has 0 radical (unpaired) electrons. The van der Waals surface area contributed by atoms with Crippen molar-refractivity contribution in [2.45, 2.75) is 6.92 Å². The fourth-order valence-electron chi connectivity index (χ4n) is 2.43. The predicted molar refractivity (Wildman–Crippen MR) is 95.0 cm³/mol. The summed E-state index contributed by atoms with van der Waals surface area (Å²) in [6.45, 7) is 1.78. The summed E-state index contributed by atoms with van der Waals surface area (Å²) in [6.07, 6.45) is 2.58. The molecule has 2 aromatic carbocycles. The van der Waals surface area contributed by atoms with Crippen molar-refractivity contribution in [3.63, 3.8) is 0 Å². The van der Waals surface area contributed by atoms with Crippen molar-refractivity contribution < 1.29 is 18.9 Å². The first-order valence-electron chi connectivity index (χ1n) is 7.61. The first-order chi connectivity index (χ1) is 12.4. The van der Waals surface area contributed by atoms with E-state index in [9.17, 15) is 19.7 Å². The molecule has 7 heteroatoms. The lowest BCUT2D eigenvalue weighted by Crippen LogP contribution is -2.04. The second-order valence-electron chi connectivity index (χ2n) is 5.51. The molecule has 0 amide bonds. The first-order valence-corrected chi connectivity index (χ1v) is 7.61. The zero-order valence-corrected chi connectivity index (χ0v) is 13.7. The summed E-state index contributed by atoms with van der Waals surface area (Å²) >= 11 is 0. The molecule has 0 atom stereocenters. The Morgan fingerprint density at radius 2 is 2.00 bits per heavy atom. The van der Waals surface area contributed by atoms with Crippen LogP contribution < -0.4 is 10.4 Å². The molecule has 0 aliphatic heterocycles. The van der Waals surface area contributed by atoms with Crippen molar-refractivity contribution in [3.05, 3.63) is 86.3 Å². The lowest BCUT2D eigenvalue weighted by Gasteiger charge is -2.04. The lowest BCUT2D eigenvalue weighted by atomic mass is 10.1. The third-order valence-electron chi connectivity index (χ3n) is 3.63. The maximum atomic E-state index is 11.9. The minimum absolute atomic E-state index is 0.0690. The van der Waals surface area contributed by atoms with E-state index in [0.29, 0.717) is 11.1 Å². The summed E-state index contributed by atoms with van der Waals surface area (Å²) in [7, 11) is 0. The second-order valence-corrected chi connectivity index (χ2v) is 5.51. The van der Waals surface area contributed by atoms with Gasteiger partial charge in [-0.05, 0) is 36.3 Å². The minimum Gasteiger partial charge on any atom is -0.423 e. The number of non-ortho nitro benzene ring substituents is 1. The Morgan fingerprint density at radius 1 is 1.19 bits per heavy atom. The number of aryl methyl sites for hydroxylation is 1. The molecule has 1 heterocycles. The standard InChI is InChI=1S/C19H13NO6/c1-12-9-19(22)26-17-11-15(6-7-16(12)17)25-18(21)8-5-13-3-2-4-14(10-13)20(23)24/h2-11H,1H3/b8-5+. The Bertz CT molecular complexity index is 1100. The van der Waals surface area contributed by atoms with E-state index in [-0.39, 0.29) is 11.4 Å². The van der Waals surface area contributed by atoms with Crippen LogP contribution in [0.4, 0.5) is 5.69 Å². The number of ether oxygens (including phenoxy) is 1. The molecule has 1 aromatic heterocycles. The highest BCUT2D eigenvalue weighted by Crippen LogP contribution is 2.22. The number of carbonyl (C=O) groups is 1. The number of rotatable bonds is 4. The average molecular weight is 351 g/mol. The fourth-order valence-corrected chi connectivity index (χ4v) is 2.43. The summed E-state index contributed by atoms with van der Waals surface area (Å²) in [5, 5.41) is 11.5. The molecular weight excluding hydrogens is 338 g/mol. The highest BCUT2D eigenvalue weighted by atomic mass is 16.6. The summed E-state index contributed by atoms with van der Waals surface area (Å²) in [4.78, 5) is 33.6. The summed E-state index contributed by atoms with van der Waals surface area (Å²) < 4.78 is 10.3. The van der Waals surface area contributed by atoms with Crippen LogP contribution in [0.2, 0.25) is 0 Å². The molecule has 0 N–H and O–H groups in total. The molecular formula is C19H13NO6. The molecule has 3 rings (SSSR count). The molecule has 0 aliphatic rings. The van der Waals surface area contributed by atoms with Gasteiger partial charge in [-0.15, -0.1) is 0 Å². The summed E-state index contributed by atoms with van der Waals surface area (Å²) in [5.74, 6) is -0.439. The molecule has 130 valence electrons. The third kappa shape index (κ3) is 3.84. The van der Waals surface area contributed by atoms with Gasteiger partial charge in [-0.1, -0.05) is 12.1 Å². The molecule has 0 unspecified atom stereocenters. The molecule has 3 aromatic rings. The van der Waals surface area contributed by atoms with E-state index in [1.807, 2.05) is 0 Å². The van der Waals surface area contributed by atoms with Crippen LogP contribution in [0.1, 0.15) is 11.1 Å². The van der Waals surface area contributed by atoms with Gasteiger partial charge in [0.25, 0.3) is 5.69 Å². The molecule has 0 bridgehead atoms. The maximum absolute atomic E-state index is 11.9. The highest BCUT2D eigenvalue weighted by Gasteiger charge is 2.07. The van der Waals surface area contributed by atoms with Crippen LogP contribution in [-0.4, -0.2) is 10.9 Å². The number of benzene rings is 2. The molecule has 7 nitrogen and oxygen atoms in total. The molecule has 26 heavy (non-hydrogen) atoms. The van der Waals surface area contributed by atoms with Crippen molar-refractivity contribution in [2.75, 3.05) is 0 Å². The van der Waals surface area contributed by atoms with Crippen LogP contribution in [0.15, 0.2) is 63.8 Å². The Balaban J connectivity index is 1.77. The van der Waals surface area contributed by atoms with Gasteiger partial charge in [0.15, 0.2) is 0 Å². The van der Waals surface area contributed by atoms with Crippen LogP contribution >= 0.6 is 0 Å². The minimum atomic E-state index is -0.661. The number of hydrogen-bond donors (Lipinski definition) is 0. The summed E-state index contributed by atoms with van der Waals surface area (Å²) in [5.41, 5.74) is 1.03. The summed E-state index contributed by atoms with van der Waals surface area (Å²) in [6, 6.07) is 12.0. The van der Waals surface area contributed by atoms with E-state index in [1.165, 1.54) is 36.4 Å². The number of fused-ring (bicyclic) bond motifs is 1. The van der Waals surface area contributed by atoms with Gasteiger partial charge in [0, 0.05) is 35.7 Å². The Morgan fingerprint density at radius 3 is 2.77 bits per heavy atom. The van der Waals surface area contributed by atoms with Gasteiger partial charge >= 0.3 is 11.6 Å². The number of nitro groups is 1. The number of esters is 1. The zero-order chi connectivity index (χ0) is 18.7. The topological polar surface area (TPSA) is 99.7 Å². The van der Waals surface area contributed by atoms with Crippen LogP contribution in [0.3, 0.4) is 0 Å². The van der Waals surface area contributed by atoms with Gasteiger partial charge in [-0.3, -0.25) is 10.1 Å². The van der Waals surface area contributed by atoms with Crippen molar-refractivity contribution >= 4 is 28.7 Å². The highest BCUT2D eigenvalue weighted by molar-refractivity contribution is 5.89. The third-order valence-corrected chi connectivity index (χ3v) is 3.63. The smallest absolute Gasteiger partial charge is 0.336 e. The van der Waals surface area contributed by atoms with E-state index < -0.39 is 16.5 Å². The van der Waals surface area contributed by atoms with Gasteiger partial charge < -0.3 is 9.15 Å². The second kappa shape index (κ2) is 7.02. The predicted octanol–water partition coefficient (Wildman–Crippen LogP) is 3.63. The number of hydrogen-bond acceptors (Lipinski definition) is 6. The van der Waals surface area contributed by atoms with Crippen molar-refractivity contribution in [3.8, 4) is 5.75 Å². The van der Waals surface area contributed by atoms with E-state index >= 15 is 0 Å². The van der Waals surface area contributed by atoms with Crippen LogP contribution in [0.5, 0.6) is 5.75 Å². The molecule has 0 saturated carbocycles. The van der Waals surface area contributed by atoms with Crippen molar-refractivity contribution in [2.24, 2.45) is 0 Å². The van der Waals surface area contributed by atoms with Crippen molar-refractivity contribution in [1.82, 2.24) is 0 Å². The van der Waals surface area contributed by atoms with Gasteiger partial charge in [0.05, 0.1) is 4.92 Å². The lowest BCUT2D eigenvalue weighted by molar-refractivity contribution is -0.384. The van der Waals surface area contributed by atoms with Crippen molar-refractivity contribution in [1.29, 1.82) is 0 Å². The largest absolute Gasteiger partial charge is 0.423 e. The zero-order valence-electron chi connectivity index (χ0n) is 13.7. The van der Waals surface area contributed by atoms with Gasteiger partial charge in [0.2, 0.25) is 0 Å². The maximum Gasteiger partial charge on any atom is 0.336 e. The fraction of sp³-hybridized carbons (Fsp3) is 0.0526. The van der Waals surface area contributed by atoms with E-state index in [2.05, 4.69) is 0 Å². The van der Waals surface area contributed by atoms with E-state index in [4.69, 9.17) is 9.15 Å². The molecule has 0 saturated heterocycles. The first kappa shape index (κ1) is 17.1. The number of carbonyl (C=O) groups excluding carboxylic acids is 1. The number of nitrogens with zero attached hydrogens (tertiary/aromatic N) is 1. The Labute approximate surface area is 147 Å². The molecule has 0 fully saturated rings.